The largest absolute Gasteiger partial charge is 0.368 e. The maximum absolute atomic E-state index is 4.47. The van der Waals surface area contributed by atoms with Crippen molar-refractivity contribution in [2.75, 3.05) is 23.7 Å². The molecule has 0 aromatic carbocycles. The maximum Gasteiger partial charge on any atom is 0.224 e. The fraction of sp³-hybridized carbons (Fsp3) is 0.429. The molecule has 2 aromatic rings. The van der Waals surface area contributed by atoms with Crippen LogP contribution in [0.5, 0.6) is 0 Å². The molecule has 0 aliphatic rings. The second-order valence-electron chi connectivity index (χ2n) is 5.14. The average Bonchev–Trinajstić information content (AvgIpc) is 2.94. The van der Waals surface area contributed by atoms with E-state index in [9.17, 15) is 0 Å². The Morgan fingerprint density at radius 1 is 1.35 bits per heavy atom. The van der Waals surface area contributed by atoms with E-state index in [1.807, 2.05) is 6.92 Å². The second kappa shape index (κ2) is 6.54. The smallest absolute Gasteiger partial charge is 0.224 e. The van der Waals surface area contributed by atoms with Crippen molar-refractivity contribution in [1.82, 2.24) is 9.97 Å². The number of nitrogens with zero attached hydrogens (tertiary/aromatic N) is 2. The van der Waals surface area contributed by atoms with Gasteiger partial charge in [0.1, 0.15) is 5.82 Å². The lowest BCUT2D eigenvalue weighted by Crippen LogP contribution is -2.27. The summed E-state index contributed by atoms with van der Waals surface area (Å²) in [6, 6.07) is 4.26. The van der Waals surface area contributed by atoms with E-state index in [0.29, 0.717) is 5.95 Å². The van der Waals surface area contributed by atoms with E-state index in [1.165, 1.54) is 4.88 Å². The molecule has 0 fully saturated rings. The molecule has 0 bridgehead atoms. The Hall–Kier alpha value is -1.14. The van der Waals surface area contributed by atoms with Gasteiger partial charge in [-0.25, -0.2) is 4.98 Å². The molecule has 0 amide bonds. The van der Waals surface area contributed by atoms with Gasteiger partial charge in [-0.05, 0) is 34.3 Å². The Morgan fingerprint density at radius 3 is 2.80 bits per heavy atom. The number of anilines is 2. The van der Waals surface area contributed by atoms with E-state index in [0.717, 1.165) is 23.4 Å². The van der Waals surface area contributed by atoms with Crippen molar-refractivity contribution in [2.24, 2.45) is 0 Å². The first kappa shape index (κ1) is 15.3. The zero-order chi connectivity index (χ0) is 14.6. The summed E-state index contributed by atoms with van der Waals surface area (Å²) in [7, 11) is 0. The molecule has 2 rings (SSSR count). The highest BCUT2D eigenvalue weighted by Crippen LogP contribution is 2.29. The van der Waals surface area contributed by atoms with Crippen molar-refractivity contribution in [3.8, 4) is 0 Å². The van der Waals surface area contributed by atoms with Crippen molar-refractivity contribution in [1.29, 1.82) is 0 Å². The Balaban J connectivity index is 2.08. The van der Waals surface area contributed by atoms with Crippen molar-refractivity contribution < 1.29 is 0 Å². The van der Waals surface area contributed by atoms with Gasteiger partial charge in [-0.3, -0.25) is 0 Å². The van der Waals surface area contributed by atoms with E-state index in [1.54, 1.807) is 17.5 Å². The molecule has 20 heavy (non-hydrogen) atoms. The molecule has 2 aromatic heterocycles. The fourth-order valence-corrected chi connectivity index (χ4v) is 2.97. The molecular weight excluding hydrogens is 336 g/mol. The van der Waals surface area contributed by atoms with E-state index < -0.39 is 0 Å². The number of hydrogen-bond donors (Lipinski definition) is 2. The highest BCUT2D eigenvalue weighted by molar-refractivity contribution is 9.10. The summed E-state index contributed by atoms with van der Waals surface area (Å²) < 4.78 is 0.876. The molecular formula is C14H19BrN4S. The summed E-state index contributed by atoms with van der Waals surface area (Å²) in [5.74, 6) is 1.47. The van der Waals surface area contributed by atoms with Gasteiger partial charge in [0.05, 0.1) is 4.47 Å². The number of halogens is 1. The van der Waals surface area contributed by atoms with Crippen LogP contribution in [0.1, 0.15) is 25.6 Å². The molecule has 6 heteroatoms. The third kappa shape index (κ3) is 3.70. The number of thiophene rings is 1. The molecule has 0 saturated heterocycles. The van der Waals surface area contributed by atoms with Crippen LogP contribution < -0.4 is 10.6 Å². The Kier molecular flexibility index (Phi) is 4.99. The van der Waals surface area contributed by atoms with Crippen LogP contribution in [0, 0.1) is 0 Å². The zero-order valence-electron chi connectivity index (χ0n) is 11.9. The summed E-state index contributed by atoms with van der Waals surface area (Å²) >= 11 is 5.27. The lowest BCUT2D eigenvalue weighted by Gasteiger charge is -2.24. The highest BCUT2D eigenvalue weighted by atomic mass is 79.9. The van der Waals surface area contributed by atoms with Crippen LogP contribution in [0.3, 0.4) is 0 Å². The van der Waals surface area contributed by atoms with Crippen LogP contribution in [0.25, 0.3) is 0 Å². The quantitative estimate of drug-likeness (QED) is 0.818. The molecule has 108 valence electrons. The third-order valence-corrected chi connectivity index (χ3v) is 4.78. The van der Waals surface area contributed by atoms with Gasteiger partial charge in [0, 0.05) is 29.6 Å². The Labute approximate surface area is 132 Å². The van der Waals surface area contributed by atoms with Gasteiger partial charge < -0.3 is 10.6 Å². The first-order valence-electron chi connectivity index (χ1n) is 6.57. The number of rotatable bonds is 6. The molecule has 0 aliphatic heterocycles. The standard InChI is InChI=1S/C14H19BrN4S/c1-4-16-13-17-8-10(15)12(19-13)18-9-14(2,3)11-6-5-7-20-11/h5-8H,4,9H2,1-3H3,(H2,16,17,18,19). The molecule has 0 unspecified atom stereocenters. The highest BCUT2D eigenvalue weighted by Gasteiger charge is 2.22. The molecule has 0 aliphatic carbocycles. The minimum absolute atomic E-state index is 0.0664. The summed E-state index contributed by atoms with van der Waals surface area (Å²) in [5.41, 5.74) is 0.0664. The first-order valence-corrected chi connectivity index (χ1v) is 8.24. The molecule has 2 heterocycles. The van der Waals surface area contributed by atoms with Crippen LogP contribution in [0.2, 0.25) is 0 Å². The topological polar surface area (TPSA) is 49.8 Å². The molecule has 4 nitrogen and oxygen atoms in total. The predicted molar refractivity (Wildman–Crippen MR) is 89.7 cm³/mol. The van der Waals surface area contributed by atoms with Gasteiger partial charge in [0.25, 0.3) is 0 Å². The Morgan fingerprint density at radius 2 is 2.15 bits per heavy atom. The number of aromatic nitrogens is 2. The van der Waals surface area contributed by atoms with Gasteiger partial charge in [-0.2, -0.15) is 4.98 Å². The zero-order valence-corrected chi connectivity index (χ0v) is 14.3. The van der Waals surface area contributed by atoms with Crippen molar-refractivity contribution in [2.45, 2.75) is 26.2 Å². The van der Waals surface area contributed by atoms with Gasteiger partial charge in [0.15, 0.2) is 0 Å². The van der Waals surface area contributed by atoms with Crippen LogP contribution in [-0.2, 0) is 5.41 Å². The summed E-state index contributed by atoms with van der Waals surface area (Å²) in [6.07, 6.45) is 1.77. The fourth-order valence-electron chi connectivity index (χ4n) is 1.79. The SMILES string of the molecule is CCNc1ncc(Br)c(NCC(C)(C)c2cccs2)n1. The molecule has 0 radical (unpaired) electrons. The lowest BCUT2D eigenvalue weighted by molar-refractivity contribution is 0.568. The van der Waals surface area contributed by atoms with Gasteiger partial charge in [0.2, 0.25) is 5.95 Å². The summed E-state index contributed by atoms with van der Waals surface area (Å²) in [6.45, 7) is 8.10. The summed E-state index contributed by atoms with van der Waals surface area (Å²) in [5, 5.41) is 8.64. The van der Waals surface area contributed by atoms with E-state index in [4.69, 9.17) is 0 Å². The van der Waals surface area contributed by atoms with Gasteiger partial charge in [-0.1, -0.05) is 19.9 Å². The lowest BCUT2D eigenvalue weighted by atomic mass is 9.91. The molecule has 0 atom stereocenters. The molecule has 2 N–H and O–H groups in total. The summed E-state index contributed by atoms with van der Waals surface area (Å²) in [4.78, 5) is 10.0. The minimum atomic E-state index is 0.0664. The Bertz CT molecular complexity index is 554. The first-order chi connectivity index (χ1) is 9.53. The van der Waals surface area contributed by atoms with Crippen LogP contribution in [-0.4, -0.2) is 23.1 Å². The van der Waals surface area contributed by atoms with E-state index in [2.05, 4.69) is 67.9 Å². The third-order valence-electron chi connectivity index (χ3n) is 2.96. The van der Waals surface area contributed by atoms with Crippen molar-refractivity contribution in [3.05, 3.63) is 33.1 Å². The van der Waals surface area contributed by atoms with Crippen LogP contribution in [0.15, 0.2) is 28.2 Å². The number of nitrogens with one attached hydrogen (secondary N) is 2. The van der Waals surface area contributed by atoms with Gasteiger partial charge >= 0.3 is 0 Å². The van der Waals surface area contributed by atoms with Crippen LogP contribution in [0.4, 0.5) is 11.8 Å². The van der Waals surface area contributed by atoms with Crippen LogP contribution >= 0.6 is 27.3 Å². The maximum atomic E-state index is 4.47. The monoisotopic (exact) mass is 354 g/mol. The van der Waals surface area contributed by atoms with Crippen molar-refractivity contribution in [3.63, 3.8) is 0 Å². The van der Waals surface area contributed by atoms with Crippen molar-refractivity contribution >= 4 is 39.0 Å². The minimum Gasteiger partial charge on any atom is -0.368 e. The second-order valence-corrected chi connectivity index (χ2v) is 6.94. The average molecular weight is 355 g/mol. The van der Waals surface area contributed by atoms with Gasteiger partial charge in [-0.15, -0.1) is 11.3 Å². The van der Waals surface area contributed by atoms with E-state index >= 15 is 0 Å². The predicted octanol–water partition coefficient (Wildman–Crippen LogP) is 4.12. The number of hydrogen-bond acceptors (Lipinski definition) is 5. The normalized spacial score (nSPS) is 11.4. The molecule has 0 saturated carbocycles. The van der Waals surface area contributed by atoms with E-state index in [-0.39, 0.29) is 5.41 Å². The molecule has 0 spiro atoms.